The normalized spacial score (nSPS) is 10.1. The van der Waals surface area contributed by atoms with Crippen molar-refractivity contribution in [2.24, 2.45) is 0 Å². The number of hydrogen-bond donors (Lipinski definition) is 1. The van der Waals surface area contributed by atoms with Crippen LogP contribution in [0.3, 0.4) is 0 Å². The summed E-state index contributed by atoms with van der Waals surface area (Å²) in [6.07, 6.45) is 2.27. The van der Waals surface area contributed by atoms with Crippen LogP contribution < -0.4 is 4.74 Å². The zero-order valence-electron chi connectivity index (χ0n) is 9.69. The first-order valence-electron chi connectivity index (χ1n) is 5.15. The number of carbonyl (C=O) groups is 1. The van der Waals surface area contributed by atoms with Crippen molar-refractivity contribution >= 4 is 27.6 Å². The lowest BCUT2D eigenvalue weighted by Crippen LogP contribution is -2.02. The summed E-state index contributed by atoms with van der Waals surface area (Å²) in [5, 5.41) is 19.6. The Hall–Kier alpha value is -2.55. The van der Waals surface area contributed by atoms with Crippen LogP contribution in [0.5, 0.6) is 11.6 Å². The molecule has 1 heterocycles. The van der Waals surface area contributed by atoms with Crippen LogP contribution in [0.25, 0.3) is 0 Å². The fourth-order valence-corrected chi connectivity index (χ4v) is 1.82. The van der Waals surface area contributed by atoms with Crippen LogP contribution in [0.4, 0.5) is 5.69 Å². The first-order valence-corrected chi connectivity index (χ1v) is 5.94. The highest BCUT2D eigenvalue weighted by Gasteiger charge is 2.17. The Balaban J connectivity index is 2.35. The third-order valence-electron chi connectivity index (χ3n) is 2.19. The van der Waals surface area contributed by atoms with Gasteiger partial charge in [-0.15, -0.1) is 0 Å². The standard InChI is InChI=1S/C11H6BrN3O5/c12-10-7(15(18)19)2-1-3-8(10)20-9-5-13-4-6(14-9)11(16)17/h1-5H,(H,16,17). The van der Waals surface area contributed by atoms with Crippen molar-refractivity contribution in [1.29, 1.82) is 0 Å². The number of hydrogen-bond acceptors (Lipinski definition) is 6. The molecule has 0 bridgehead atoms. The summed E-state index contributed by atoms with van der Waals surface area (Å²) in [4.78, 5) is 28.4. The molecule has 2 aromatic rings. The second-order valence-electron chi connectivity index (χ2n) is 3.50. The molecule has 0 spiro atoms. The third-order valence-corrected chi connectivity index (χ3v) is 2.98. The van der Waals surface area contributed by atoms with Gasteiger partial charge >= 0.3 is 5.97 Å². The predicted octanol–water partition coefficient (Wildman–Crippen LogP) is 2.64. The quantitative estimate of drug-likeness (QED) is 0.672. The summed E-state index contributed by atoms with van der Waals surface area (Å²) in [7, 11) is 0. The van der Waals surface area contributed by atoms with Crippen molar-refractivity contribution in [1.82, 2.24) is 9.97 Å². The van der Waals surface area contributed by atoms with Crippen molar-refractivity contribution < 1.29 is 19.6 Å². The topological polar surface area (TPSA) is 115 Å². The van der Waals surface area contributed by atoms with E-state index in [-0.39, 0.29) is 27.5 Å². The monoisotopic (exact) mass is 339 g/mol. The Morgan fingerprint density at radius 2 is 2.15 bits per heavy atom. The fourth-order valence-electron chi connectivity index (χ4n) is 1.33. The minimum Gasteiger partial charge on any atom is -0.476 e. The van der Waals surface area contributed by atoms with Crippen molar-refractivity contribution in [2.75, 3.05) is 0 Å². The molecule has 1 aromatic carbocycles. The number of aromatic nitrogens is 2. The van der Waals surface area contributed by atoms with E-state index in [1.54, 1.807) is 0 Å². The smallest absolute Gasteiger partial charge is 0.356 e. The zero-order valence-corrected chi connectivity index (χ0v) is 11.3. The van der Waals surface area contributed by atoms with Crippen LogP contribution in [0, 0.1) is 10.1 Å². The van der Waals surface area contributed by atoms with Gasteiger partial charge in [0, 0.05) is 6.07 Å². The zero-order chi connectivity index (χ0) is 14.7. The Morgan fingerprint density at radius 3 is 2.80 bits per heavy atom. The van der Waals surface area contributed by atoms with Gasteiger partial charge in [-0.2, -0.15) is 0 Å². The lowest BCUT2D eigenvalue weighted by Gasteiger charge is -2.06. The van der Waals surface area contributed by atoms with Crippen molar-refractivity contribution in [3.8, 4) is 11.6 Å². The molecule has 0 aliphatic rings. The number of aromatic carboxylic acids is 1. The highest BCUT2D eigenvalue weighted by atomic mass is 79.9. The van der Waals surface area contributed by atoms with E-state index < -0.39 is 10.9 Å². The van der Waals surface area contributed by atoms with E-state index in [1.165, 1.54) is 24.4 Å². The molecule has 0 fully saturated rings. The van der Waals surface area contributed by atoms with Crippen molar-refractivity contribution in [2.45, 2.75) is 0 Å². The molecular formula is C11H6BrN3O5. The number of carboxylic acids is 1. The molecule has 0 atom stereocenters. The maximum absolute atomic E-state index is 10.8. The second kappa shape index (κ2) is 5.61. The molecule has 0 radical (unpaired) electrons. The van der Waals surface area contributed by atoms with Gasteiger partial charge < -0.3 is 9.84 Å². The largest absolute Gasteiger partial charge is 0.476 e. The van der Waals surface area contributed by atoms with Gasteiger partial charge in [0.05, 0.1) is 17.3 Å². The first kappa shape index (κ1) is 13.9. The molecule has 0 aliphatic carbocycles. The summed E-state index contributed by atoms with van der Waals surface area (Å²) < 4.78 is 5.43. The maximum atomic E-state index is 10.8. The van der Waals surface area contributed by atoms with Gasteiger partial charge in [-0.1, -0.05) is 6.07 Å². The highest BCUT2D eigenvalue weighted by Crippen LogP contribution is 2.35. The van der Waals surface area contributed by atoms with E-state index in [4.69, 9.17) is 9.84 Å². The number of halogens is 1. The van der Waals surface area contributed by atoms with Gasteiger partial charge in [-0.3, -0.25) is 15.1 Å². The number of ether oxygens (including phenoxy) is 1. The average Bonchev–Trinajstić information content (AvgIpc) is 2.41. The molecule has 1 N–H and O–H groups in total. The summed E-state index contributed by atoms with van der Waals surface area (Å²) in [5.74, 6) is -1.19. The predicted molar refractivity (Wildman–Crippen MR) is 69.9 cm³/mol. The number of carboxylic acid groups (broad SMARTS) is 1. The Bertz CT molecular complexity index is 692. The van der Waals surface area contributed by atoms with Gasteiger partial charge in [0.15, 0.2) is 11.4 Å². The van der Waals surface area contributed by atoms with E-state index in [0.29, 0.717) is 0 Å². The van der Waals surface area contributed by atoms with Crippen LogP contribution >= 0.6 is 15.9 Å². The molecule has 9 heteroatoms. The molecule has 20 heavy (non-hydrogen) atoms. The Morgan fingerprint density at radius 1 is 1.40 bits per heavy atom. The van der Waals surface area contributed by atoms with Gasteiger partial charge in [-0.05, 0) is 22.0 Å². The van der Waals surface area contributed by atoms with E-state index >= 15 is 0 Å². The molecule has 0 unspecified atom stereocenters. The number of nitrogens with zero attached hydrogens (tertiary/aromatic N) is 3. The number of benzene rings is 1. The molecule has 0 saturated heterocycles. The molecular weight excluding hydrogens is 334 g/mol. The number of rotatable bonds is 4. The number of nitro benzene ring substituents is 1. The average molecular weight is 340 g/mol. The molecule has 102 valence electrons. The second-order valence-corrected chi connectivity index (χ2v) is 4.29. The fraction of sp³-hybridized carbons (Fsp3) is 0. The molecule has 0 saturated carbocycles. The first-order chi connectivity index (χ1) is 9.49. The van der Waals surface area contributed by atoms with Crippen molar-refractivity contribution in [3.05, 3.63) is 50.9 Å². The van der Waals surface area contributed by atoms with E-state index in [9.17, 15) is 14.9 Å². The van der Waals surface area contributed by atoms with E-state index in [2.05, 4.69) is 25.9 Å². The maximum Gasteiger partial charge on any atom is 0.356 e. The molecule has 8 nitrogen and oxygen atoms in total. The summed E-state index contributed by atoms with van der Waals surface area (Å²) in [5.41, 5.74) is -0.464. The van der Waals surface area contributed by atoms with Gasteiger partial charge in [0.2, 0.25) is 5.88 Å². The lowest BCUT2D eigenvalue weighted by molar-refractivity contribution is -0.385. The molecule has 2 rings (SSSR count). The molecule has 1 aromatic heterocycles. The lowest BCUT2D eigenvalue weighted by atomic mass is 10.3. The Kier molecular flexibility index (Phi) is 3.89. The van der Waals surface area contributed by atoms with Crippen molar-refractivity contribution in [3.63, 3.8) is 0 Å². The molecule has 0 amide bonds. The van der Waals surface area contributed by atoms with Crippen LogP contribution in [-0.2, 0) is 0 Å². The van der Waals surface area contributed by atoms with Gasteiger partial charge in [-0.25, -0.2) is 9.78 Å². The number of nitro groups is 1. The van der Waals surface area contributed by atoms with Crippen LogP contribution in [-0.4, -0.2) is 26.0 Å². The minimum atomic E-state index is -1.25. The van der Waals surface area contributed by atoms with Gasteiger partial charge in [0.1, 0.15) is 4.47 Å². The van der Waals surface area contributed by atoms with E-state index in [1.807, 2.05) is 0 Å². The van der Waals surface area contributed by atoms with E-state index in [0.717, 1.165) is 6.20 Å². The highest BCUT2D eigenvalue weighted by molar-refractivity contribution is 9.10. The van der Waals surface area contributed by atoms with Crippen LogP contribution in [0.1, 0.15) is 10.5 Å². The molecule has 0 aliphatic heterocycles. The third kappa shape index (κ3) is 2.88. The van der Waals surface area contributed by atoms with Crippen LogP contribution in [0.2, 0.25) is 0 Å². The summed E-state index contributed by atoms with van der Waals surface area (Å²) in [6.45, 7) is 0. The summed E-state index contributed by atoms with van der Waals surface area (Å²) in [6, 6.07) is 4.22. The van der Waals surface area contributed by atoms with Crippen LogP contribution in [0.15, 0.2) is 35.1 Å². The Labute approximate surface area is 120 Å². The summed E-state index contributed by atoms with van der Waals surface area (Å²) >= 11 is 3.06. The SMILES string of the molecule is O=C(O)c1cncc(Oc2cccc([N+](=O)[O-])c2Br)n1. The van der Waals surface area contributed by atoms with Gasteiger partial charge in [0.25, 0.3) is 5.69 Å². The minimum absolute atomic E-state index is 0.0777.